The summed E-state index contributed by atoms with van der Waals surface area (Å²) in [6.07, 6.45) is -0.661. The molecule has 1 fully saturated rings. The lowest BCUT2D eigenvalue weighted by Gasteiger charge is -2.34. The summed E-state index contributed by atoms with van der Waals surface area (Å²) in [5, 5.41) is 4.40. The molecule has 3 aromatic carbocycles. The Balaban J connectivity index is 1.25. The number of pyridine rings is 1. The zero-order valence-corrected chi connectivity index (χ0v) is 26.4. The second-order valence-corrected chi connectivity index (χ2v) is 12.4. The standard InChI is InChI=1S/C37H37N3O7/c1-37(2)22-46-33(47-23-37)19-29-34-27(26-15-9-10-16-28(26)39-34)17-30(38-29)35(42)40-31(36(43)45-21-25-13-7-4-8-14-25)18-32(41)44-20-24-11-5-3-6-12-24/h3-17,31,33,39H,18-23H2,1-2H3,(H,40,42)/t31-/m0/s1. The lowest BCUT2D eigenvalue weighted by atomic mass is 9.95. The molecule has 6 rings (SSSR count). The van der Waals surface area contributed by atoms with Crippen molar-refractivity contribution in [2.45, 2.75) is 52.2 Å². The normalized spacial score (nSPS) is 15.3. The molecule has 0 aliphatic carbocycles. The van der Waals surface area contributed by atoms with Crippen LogP contribution in [0.1, 0.15) is 47.6 Å². The van der Waals surface area contributed by atoms with Gasteiger partial charge in [-0.2, -0.15) is 0 Å². The Kier molecular flexibility index (Phi) is 9.60. The monoisotopic (exact) mass is 635 g/mol. The van der Waals surface area contributed by atoms with Crippen molar-refractivity contribution in [3.63, 3.8) is 0 Å². The number of fused-ring (bicyclic) bond motifs is 3. The molecule has 2 aromatic heterocycles. The predicted octanol–water partition coefficient (Wildman–Crippen LogP) is 5.63. The summed E-state index contributed by atoms with van der Waals surface area (Å²) in [5.74, 6) is -2.06. The van der Waals surface area contributed by atoms with Crippen LogP contribution in [-0.2, 0) is 48.2 Å². The van der Waals surface area contributed by atoms with Gasteiger partial charge in [-0.25, -0.2) is 9.78 Å². The van der Waals surface area contributed by atoms with Gasteiger partial charge in [-0.15, -0.1) is 0 Å². The second kappa shape index (κ2) is 14.1. The lowest BCUT2D eigenvalue weighted by molar-refractivity contribution is -0.220. The number of hydrogen-bond donors (Lipinski definition) is 2. The van der Waals surface area contributed by atoms with Crippen LogP contribution in [0.15, 0.2) is 91.0 Å². The zero-order chi connectivity index (χ0) is 32.8. The SMILES string of the molecule is CC1(C)COC(Cc2nc(C(=O)N[C@@H](CC(=O)OCc3ccccc3)C(=O)OCc3ccccc3)cc3c2[nH]c2ccccc23)OC1. The van der Waals surface area contributed by atoms with E-state index in [0.29, 0.717) is 25.3 Å². The van der Waals surface area contributed by atoms with Crippen LogP contribution in [0.3, 0.4) is 0 Å². The molecule has 47 heavy (non-hydrogen) atoms. The van der Waals surface area contributed by atoms with Gasteiger partial charge >= 0.3 is 11.9 Å². The van der Waals surface area contributed by atoms with E-state index in [1.54, 1.807) is 6.07 Å². The molecule has 1 aliphatic rings. The Hall–Kier alpha value is -5.06. The number of rotatable bonds is 11. The number of esters is 2. The van der Waals surface area contributed by atoms with Crippen LogP contribution in [0.2, 0.25) is 0 Å². The largest absolute Gasteiger partial charge is 0.461 e. The van der Waals surface area contributed by atoms with Crippen LogP contribution in [0, 0.1) is 5.41 Å². The van der Waals surface area contributed by atoms with E-state index in [4.69, 9.17) is 23.9 Å². The predicted molar refractivity (Wildman–Crippen MR) is 175 cm³/mol. The van der Waals surface area contributed by atoms with Crippen LogP contribution in [0.4, 0.5) is 0 Å². The molecule has 1 amide bonds. The van der Waals surface area contributed by atoms with E-state index in [0.717, 1.165) is 32.9 Å². The number of carbonyl (C=O) groups excluding carboxylic acids is 3. The van der Waals surface area contributed by atoms with Crippen molar-refractivity contribution in [2.24, 2.45) is 5.41 Å². The number of benzene rings is 3. The minimum absolute atomic E-state index is 0.0208. The van der Waals surface area contributed by atoms with Crippen molar-refractivity contribution in [3.05, 3.63) is 114 Å². The molecule has 0 unspecified atom stereocenters. The molecule has 10 heteroatoms. The molecule has 5 aromatic rings. The van der Waals surface area contributed by atoms with E-state index in [9.17, 15) is 14.4 Å². The van der Waals surface area contributed by atoms with E-state index >= 15 is 0 Å². The maximum absolute atomic E-state index is 13.8. The molecule has 242 valence electrons. The number of aromatic nitrogens is 2. The third-order valence-electron chi connectivity index (χ3n) is 7.91. The number of nitrogens with zero attached hydrogens (tertiary/aromatic N) is 1. The summed E-state index contributed by atoms with van der Waals surface area (Å²) >= 11 is 0. The van der Waals surface area contributed by atoms with Crippen molar-refractivity contribution in [1.29, 1.82) is 0 Å². The number of nitrogens with one attached hydrogen (secondary N) is 2. The van der Waals surface area contributed by atoms with Gasteiger partial charge in [0.2, 0.25) is 0 Å². The van der Waals surface area contributed by atoms with Crippen LogP contribution in [0.25, 0.3) is 21.8 Å². The van der Waals surface area contributed by atoms with E-state index in [1.807, 2.05) is 84.9 Å². The Morgan fingerprint density at radius 3 is 2.17 bits per heavy atom. The zero-order valence-electron chi connectivity index (χ0n) is 26.4. The van der Waals surface area contributed by atoms with Crippen molar-refractivity contribution >= 4 is 39.7 Å². The first-order valence-electron chi connectivity index (χ1n) is 15.6. The number of hydrogen-bond acceptors (Lipinski definition) is 8. The molecular formula is C37H37N3O7. The van der Waals surface area contributed by atoms with Crippen LogP contribution >= 0.6 is 0 Å². The number of H-pyrrole nitrogens is 1. The average Bonchev–Trinajstić information content (AvgIpc) is 3.47. The van der Waals surface area contributed by atoms with Gasteiger partial charge in [0.15, 0.2) is 6.29 Å². The molecule has 10 nitrogen and oxygen atoms in total. The smallest absolute Gasteiger partial charge is 0.329 e. The number of para-hydroxylation sites is 1. The minimum atomic E-state index is -1.31. The Morgan fingerprint density at radius 2 is 1.49 bits per heavy atom. The lowest BCUT2D eigenvalue weighted by Crippen LogP contribution is -2.44. The molecule has 3 heterocycles. The minimum Gasteiger partial charge on any atom is -0.461 e. The quantitative estimate of drug-likeness (QED) is 0.179. The van der Waals surface area contributed by atoms with Crippen LogP contribution in [-0.4, -0.2) is 53.4 Å². The molecule has 2 N–H and O–H groups in total. The molecule has 1 atom stereocenters. The summed E-state index contributed by atoms with van der Waals surface area (Å²) < 4.78 is 22.9. The van der Waals surface area contributed by atoms with Gasteiger partial charge in [-0.1, -0.05) is 92.7 Å². The fourth-order valence-corrected chi connectivity index (χ4v) is 5.40. The van der Waals surface area contributed by atoms with Gasteiger partial charge in [-0.05, 0) is 23.3 Å². The molecule has 1 saturated heterocycles. The van der Waals surface area contributed by atoms with Crippen molar-refractivity contribution in [3.8, 4) is 0 Å². The summed E-state index contributed by atoms with van der Waals surface area (Å²) in [6.45, 7) is 5.21. The first-order valence-corrected chi connectivity index (χ1v) is 15.6. The fraction of sp³-hybridized carbons (Fsp3) is 0.297. The van der Waals surface area contributed by atoms with Crippen molar-refractivity contribution in [2.75, 3.05) is 13.2 Å². The molecule has 1 aliphatic heterocycles. The van der Waals surface area contributed by atoms with Gasteiger partial charge < -0.3 is 29.2 Å². The molecule has 0 bridgehead atoms. The maximum atomic E-state index is 13.8. The third kappa shape index (κ3) is 8.03. The van der Waals surface area contributed by atoms with E-state index in [-0.39, 0.29) is 24.3 Å². The number of amides is 1. The summed E-state index contributed by atoms with van der Waals surface area (Å²) in [5.41, 5.74) is 3.77. The molecule has 0 saturated carbocycles. The molecule has 0 radical (unpaired) electrons. The van der Waals surface area contributed by atoms with Crippen molar-refractivity contribution in [1.82, 2.24) is 15.3 Å². The summed E-state index contributed by atoms with van der Waals surface area (Å²) in [4.78, 5) is 48.2. The van der Waals surface area contributed by atoms with Gasteiger partial charge in [0.05, 0.1) is 30.8 Å². The number of carbonyl (C=O) groups is 3. The van der Waals surface area contributed by atoms with Crippen molar-refractivity contribution < 1.29 is 33.3 Å². The highest BCUT2D eigenvalue weighted by Gasteiger charge is 2.31. The third-order valence-corrected chi connectivity index (χ3v) is 7.91. The number of aromatic amines is 1. The average molecular weight is 636 g/mol. The Bertz CT molecular complexity index is 1860. The highest BCUT2D eigenvalue weighted by molar-refractivity contribution is 6.10. The second-order valence-electron chi connectivity index (χ2n) is 12.4. The van der Waals surface area contributed by atoms with Gasteiger partial charge in [0.25, 0.3) is 5.91 Å². The fourth-order valence-electron chi connectivity index (χ4n) is 5.40. The molecule has 0 spiro atoms. The first-order chi connectivity index (χ1) is 22.7. The van der Waals surface area contributed by atoms with Gasteiger partial charge in [0, 0.05) is 28.1 Å². The van der Waals surface area contributed by atoms with Crippen LogP contribution in [0.5, 0.6) is 0 Å². The summed E-state index contributed by atoms with van der Waals surface area (Å²) in [7, 11) is 0. The topological polar surface area (TPSA) is 129 Å². The van der Waals surface area contributed by atoms with Gasteiger partial charge in [0.1, 0.15) is 24.9 Å². The first kappa shape index (κ1) is 31.9. The van der Waals surface area contributed by atoms with Crippen LogP contribution < -0.4 is 5.32 Å². The Morgan fingerprint density at radius 1 is 0.872 bits per heavy atom. The van der Waals surface area contributed by atoms with E-state index in [2.05, 4.69) is 24.1 Å². The number of ether oxygens (including phenoxy) is 4. The highest BCUT2D eigenvalue weighted by Crippen LogP contribution is 2.30. The highest BCUT2D eigenvalue weighted by atomic mass is 16.7. The molecular weight excluding hydrogens is 598 g/mol. The maximum Gasteiger partial charge on any atom is 0.329 e. The van der Waals surface area contributed by atoms with Gasteiger partial charge in [-0.3, -0.25) is 9.59 Å². The van der Waals surface area contributed by atoms with E-state index in [1.165, 1.54) is 0 Å². The van der Waals surface area contributed by atoms with E-state index < -0.39 is 36.6 Å². The Labute approximate surface area is 272 Å². The summed E-state index contributed by atoms with van der Waals surface area (Å²) in [6, 6.07) is 26.5.